The fraction of sp³-hybridized carbons (Fsp3) is 0.333. The average Bonchev–Trinajstić information content (AvgIpc) is 2.64. The molecular formula is C18H20N4O4. The number of anilines is 2. The maximum Gasteiger partial charge on any atom is 0.276 e. The summed E-state index contributed by atoms with van der Waals surface area (Å²) in [4.78, 5) is 37.7. The predicted octanol–water partition coefficient (Wildman–Crippen LogP) is 1.56. The van der Waals surface area contributed by atoms with Gasteiger partial charge < -0.3 is 15.0 Å². The molecule has 26 heavy (non-hydrogen) atoms. The van der Waals surface area contributed by atoms with Crippen molar-refractivity contribution in [2.75, 3.05) is 23.9 Å². The molecule has 0 bridgehead atoms. The van der Waals surface area contributed by atoms with Gasteiger partial charge in [-0.25, -0.2) is 4.68 Å². The molecule has 1 aromatic heterocycles. The molecule has 0 saturated carbocycles. The van der Waals surface area contributed by atoms with Crippen LogP contribution < -0.4 is 20.5 Å². The quantitative estimate of drug-likeness (QED) is 0.897. The van der Waals surface area contributed by atoms with Gasteiger partial charge >= 0.3 is 0 Å². The average molecular weight is 356 g/mol. The Morgan fingerprint density at radius 2 is 2.00 bits per heavy atom. The van der Waals surface area contributed by atoms with E-state index in [4.69, 9.17) is 4.74 Å². The van der Waals surface area contributed by atoms with Gasteiger partial charge in [0.25, 0.3) is 11.5 Å². The minimum atomic E-state index is -0.443. The molecule has 0 unspecified atom stereocenters. The zero-order valence-electron chi connectivity index (χ0n) is 14.7. The Morgan fingerprint density at radius 1 is 1.19 bits per heavy atom. The molecule has 8 heteroatoms. The minimum absolute atomic E-state index is 0.0396. The van der Waals surface area contributed by atoms with Gasteiger partial charge in [-0.05, 0) is 37.1 Å². The van der Waals surface area contributed by atoms with Gasteiger partial charge in [0.15, 0.2) is 0 Å². The molecule has 1 saturated heterocycles. The molecule has 1 N–H and O–H groups in total. The summed E-state index contributed by atoms with van der Waals surface area (Å²) in [6, 6.07) is 7.77. The largest absolute Gasteiger partial charge is 0.495 e. The zero-order chi connectivity index (χ0) is 18.7. The molecule has 3 rings (SSSR count). The van der Waals surface area contributed by atoms with Gasteiger partial charge in [0, 0.05) is 31.8 Å². The van der Waals surface area contributed by atoms with Crippen LogP contribution in [0.4, 0.5) is 11.4 Å². The van der Waals surface area contributed by atoms with E-state index in [-0.39, 0.29) is 17.2 Å². The second-order valence-electron chi connectivity index (χ2n) is 6.02. The van der Waals surface area contributed by atoms with Crippen LogP contribution in [0.3, 0.4) is 0 Å². The molecule has 1 fully saturated rings. The van der Waals surface area contributed by atoms with E-state index >= 15 is 0 Å². The lowest BCUT2D eigenvalue weighted by molar-refractivity contribution is -0.119. The first kappa shape index (κ1) is 17.7. The molecule has 8 nitrogen and oxygen atoms in total. The first-order valence-electron chi connectivity index (χ1n) is 8.33. The number of piperidine rings is 1. The van der Waals surface area contributed by atoms with E-state index in [1.54, 1.807) is 30.2 Å². The second kappa shape index (κ2) is 7.38. The number of hydrogen-bond donors (Lipinski definition) is 1. The van der Waals surface area contributed by atoms with Crippen molar-refractivity contribution in [1.29, 1.82) is 0 Å². The second-order valence-corrected chi connectivity index (χ2v) is 6.02. The Hall–Kier alpha value is -3.16. The Kier molecular flexibility index (Phi) is 5.01. The highest BCUT2D eigenvalue weighted by molar-refractivity contribution is 6.03. The lowest BCUT2D eigenvalue weighted by atomic mass is 10.1. The van der Waals surface area contributed by atoms with E-state index in [0.29, 0.717) is 30.1 Å². The number of benzene rings is 1. The van der Waals surface area contributed by atoms with Crippen LogP contribution in [-0.4, -0.2) is 35.2 Å². The molecule has 1 aliphatic rings. The number of methoxy groups -OCH3 is 1. The normalized spacial score (nSPS) is 14.2. The van der Waals surface area contributed by atoms with Crippen LogP contribution in [0, 0.1) is 0 Å². The number of ether oxygens (including phenoxy) is 1. The van der Waals surface area contributed by atoms with Gasteiger partial charge in [0.2, 0.25) is 5.91 Å². The first-order valence-corrected chi connectivity index (χ1v) is 8.33. The summed E-state index contributed by atoms with van der Waals surface area (Å²) >= 11 is 0. The fourth-order valence-corrected chi connectivity index (χ4v) is 2.86. The third kappa shape index (κ3) is 3.58. The predicted molar refractivity (Wildman–Crippen MR) is 96.6 cm³/mol. The summed E-state index contributed by atoms with van der Waals surface area (Å²) in [6.07, 6.45) is 2.31. The number of rotatable bonds is 4. The molecule has 0 spiro atoms. The van der Waals surface area contributed by atoms with Gasteiger partial charge in [0.05, 0.1) is 12.8 Å². The van der Waals surface area contributed by atoms with Gasteiger partial charge in [-0.15, -0.1) is 0 Å². The van der Waals surface area contributed by atoms with Crippen molar-refractivity contribution in [3.05, 3.63) is 46.4 Å². The molecule has 0 radical (unpaired) electrons. The van der Waals surface area contributed by atoms with Crippen LogP contribution >= 0.6 is 0 Å². The summed E-state index contributed by atoms with van der Waals surface area (Å²) in [5.74, 6) is 0.165. The molecule has 136 valence electrons. The standard InChI is InChI=1S/C18H20N4O4/c1-21-16(23)9-7-13(20-21)18(25)19-12-6-8-15(26-2)14(11-12)22-10-4-3-5-17(22)24/h6-9,11H,3-5,10H2,1-2H3,(H,19,25). The van der Waals surface area contributed by atoms with Crippen LogP contribution in [0.1, 0.15) is 29.8 Å². The van der Waals surface area contributed by atoms with E-state index in [0.717, 1.165) is 17.5 Å². The maximum absolute atomic E-state index is 12.4. The Labute approximate surface area is 150 Å². The monoisotopic (exact) mass is 356 g/mol. The summed E-state index contributed by atoms with van der Waals surface area (Å²) in [5.41, 5.74) is 0.971. The highest BCUT2D eigenvalue weighted by atomic mass is 16.5. The Morgan fingerprint density at radius 3 is 2.69 bits per heavy atom. The highest BCUT2D eigenvalue weighted by Crippen LogP contribution is 2.33. The topological polar surface area (TPSA) is 93.5 Å². The minimum Gasteiger partial charge on any atom is -0.495 e. The number of amides is 2. The van der Waals surface area contributed by atoms with Crippen molar-refractivity contribution in [2.45, 2.75) is 19.3 Å². The number of carbonyl (C=O) groups is 2. The molecule has 2 amide bonds. The Balaban J connectivity index is 1.87. The van der Waals surface area contributed by atoms with E-state index < -0.39 is 5.91 Å². The number of nitrogens with zero attached hydrogens (tertiary/aromatic N) is 3. The fourth-order valence-electron chi connectivity index (χ4n) is 2.86. The maximum atomic E-state index is 12.4. The molecule has 1 aromatic carbocycles. The van der Waals surface area contributed by atoms with Crippen molar-refractivity contribution in [2.24, 2.45) is 7.05 Å². The first-order chi connectivity index (χ1) is 12.5. The molecule has 0 aliphatic carbocycles. The van der Waals surface area contributed by atoms with Crippen molar-refractivity contribution >= 4 is 23.2 Å². The number of hydrogen-bond acceptors (Lipinski definition) is 5. The highest BCUT2D eigenvalue weighted by Gasteiger charge is 2.23. The summed E-state index contributed by atoms with van der Waals surface area (Å²) in [5, 5.41) is 6.67. The van der Waals surface area contributed by atoms with Crippen LogP contribution in [0.15, 0.2) is 35.1 Å². The number of carbonyl (C=O) groups excluding carboxylic acids is 2. The SMILES string of the molecule is COc1ccc(NC(=O)c2ccc(=O)n(C)n2)cc1N1CCCCC1=O. The van der Waals surface area contributed by atoms with Crippen LogP contribution in [0.2, 0.25) is 0 Å². The number of nitrogens with one attached hydrogen (secondary N) is 1. The van der Waals surface area contributed by atoms with E-state index in [2.05, 4.69) is 10.4 Å². The zero-order valence-corrected chi connectivity index (χ0v) is 14.7. The van der Waals surface area contributed by atoms with E-state index in [9.17, 15) is 14.4 Å². The lowest BCUT2D eigenvalue weighted by Gasteiger charge is -2.28. The third-order valence-electron chi connectivity index (χ3n) is 4.24. The number of aromatic nitrogens is 2. The van der Waals surface area contributed by atoms with Gasteiger partial charge in [-0.3, -0.25) is 14.4 Å². The molecule has 2 aromatic rings. The van der Waals surface area contributed by atoms with E-state index in [1.807, 2.05) is 0 Å². The van der Waals surface area contributed by atoms with Gasteiger partial charge in [-0.1, -0.05) is 0 Å². The van der Waals surface area contributed by atoms with Crippen LogP contribution in [0.25, 0.3) is 0 Å². The van der Waals surface area contributed by atoms with Crippen molar-refractivity contribution < 1.29 is 14.3 Å². The lowest BCUT2D eigenvalue weighted by Crippen LogP contribution is -2.35. The van der Waals surface area contributed by atoms with E-state index in [1.165, 1.54) is 19.2 Å². The van der Waals surface area contributed by atoms with Crippen LogP contribution in [0.5, 0.6) is 5.75 Å². The van der Waals surface area contributed by atoms with Crippen LogP contribution in [-0.2, 0) is 11.8 Å². The summed E-state index contributed by atoms with van der Waals surface area (Å²) < 4.78 is 6.46. The smallest absolute Gasteiger partial charge is 0.276 e. The van der Waals surface area contributed by atoms with Gasteiger partial charge in [-0.2, -0.15) is 5.10 Å². The summed E-state index contributed by atoms with van der Waals surface area (Å²) in [6.45, 7) is 0.620. The Bertz CT molecular complexity index is 906. The summed E-state index contributed by atoms with van der Waals surface area (Å²) in [7, 11) is 3.02. The molecule has 1 aliphatic heterocycles. The van der Waals surface area contributed by atoms with Gasteiger partial charge in [0.1, 0.15) is 11.4 Å². The molecular weight excluding hydrogens is 336 g/mol. The molecule has 0 atom stereocenters. The van der Waals surface area contributed by atoms with Crippen molar-refractivity contribution in [3.8, 4) is 5.75 Å². The molecule has 2 heterocycles. The third-order valence-corrected chi connectivity index (χ3v) is 4.24. The van der Waals surface area contributed by atoms with Crippen molar-refractivity contribution in [1.82, 2.24) is 9.78 Å². The number of aryl methyl sites for hydroxylation is 1. The van der Waals surface area contributed by atoms with Crippen molar-refractivity contribution in [3.63, 3.8) is 0 Å².